The topological polar surface area (TPSA) is 62.5 Å². The lowest BCUT2D eigenvalue weighted by atomic mass is 9.97. The number of nitrogens with zero attached hydrogens (tertiary/aromatic N) is 3. The third kappa shape index (κ3) is 5.46. The fourth-order valence-electron chi connectivity index (χ4n) is 3.36. The number of halogens is 3. The molecule has 0 aromatic carbocycles. The minimum atomic E-state index is -0.580. The Bertz CT molecular complexity index is 489. The van der Waals surface area contributed by atoms with Gasteiger partial charge in [-0.25, -0.2) is 0 Å². The molecule has 0 atom stereocenters. The van der Waals surface area contributed by atoms with Crippen LogP contribution < -0.4 is 5.73 Å². The zero-order valence-corrected chi connectivity index (χ0v) is 16.2. The van der Waals surface area contributed by atoms with Crippen molar-refractivity contribution in [2.75, 3.05) is 26.2 Å². The molecule has 2 fully saturated rings. The van der Waals surface area contributed by atoms with E-state index in [1.807, 2.05) is 29.3 Å². The van der Waals surface area contributed by atoms with E-state index >= 15 is 0 Å². The first-order chi connectivity index (χ1) is 10.2. The van der Waals surface area contributed by atoms with Crippen molar-refractivity contribution >= 4 is 43.1 Å². The van der Waals surface area contributed by atoms with Crippen LogP contribution in [-0.2, 0) is 11.3 Å². The Labute approximate surface area is 162 Å². The van der Waals surface area contributed by atoms with E-state index in [2.05, 4.69) is 9.88 Å². The molecule has 8 heteroatoms. The fourth-order valence-corrected chi connectivity index (χ4v) is 3.36. The number of amides is 1. The van der Waals surface area contributed by atoms with Gasteiger partial charge in [0.15, 0.2) is 0 Å². The van der Waals surface area contributed by atoms with Gasteiger partial charge in [-0.3, -0.25) is 14.7 Å². The van der Waals surface area contributed by atoms with Gasteiger partial charge < -0.3 is 10.6 Å². The average Bonchev–Trinajstić information content (AvgIpc) is 2.96. The largest absolute Gasteiger partial charge is 0.339 e. The second-order valence-electron chi connectivity index (χ2n) is 6.25. The molecule has 1 aromatic heterocycles. The average molecular weight is 398 g/mol. The summed E-state index contributed by atoms with van der Waals surface area (Å²) in [5.74, 6) is 0.164. The van der Waals surface area contributed by atoms with Crippen molar-refractivity contribution in [3.05, 3.63) is 30.1 Å². The number of carbonyl (C=O) groups excluding carboxylic acids is 1. The van der Waals surface area contributed by atoms with Crippen LogP contribution in [0, 0.1) is 0 Å². The van der Waals surface area contributed by atoms with E-state index in [1.54, 1.807) is 0 Å². The van der Waals surface area contributed by atoms with Gasteiger partial charge in [0.2, 0.25) is 5.91 Å². The Hall–Kier alpha value is -0.590. The highest BCUT2D eigenvalue weighted by Gasteiger charge is 2.40. The first kappa shape index (κ1) is 23.4. The van der Waals surface area contributed by atoms with Gasteiger partial charge >= 0.3 is 0 Å². The summed E-state index contributed by atoms with van der Waals surface area (Å²) in [4.78, 5) is 21.2. The molecule has 2 heterocycles. The molecule has 1 aromatic rings. The number of aromatic nitrogens is 1. The summed E-state index contributed by atoms with van der Waals surface area (Å²) in [6, 6.07) is 5.99. The van der Waals surface area contributed by atoms with Gasteiger partial charge in [-0.1, -0.05) is 18.9 Å². The summed E-state index contributed by atoms with van der Waals surface area (Å²) in [6.45, 7) is 4.22. The molecule has 5 nitrogen and oxygen atoms in total. The van der Waals surface area contributed by atoms with Crippen LogP contribution in [0.2, 0.25) is 0 Å². The van der Waals surface area contributed by atoms with Crippen LogP contribution in [0.3, 0.4) is 0 Å². The Morgan fingerprint density at radius 1 is 1.08 bits per heavy atom. The Kier molecular flexibility index (Phi) is 10.2. The van der Waals surface area contributed by atoms with Crippen molar-refractivity contribution in [3.63, 3.8) is 0 Å². The van der Waals surface area contributed by atoms with Gasteiger partial charge in [0, 0.05) is 38.9 Å². The number of carbonyl (C=O) groups is 1. The Balaban J connectivity index is 0.00000176. The first-order valence-electron chi connectivity index (χ1n) is 7.88. The van der Waals surface area contributed by atoms with Gasteiger partial charge in [0.1, 0.15) is 0 Å². The zero-order chi connectivity index (χ0) is 14.7. The number of nitrogens with two attached hydrogens (primary N) is 1. The minimum Gasteiger partial charge on any atom is -0.339 e. The van der Waals surface area contributed by atoms with E-state index in [-0.39, 0.29) is 43.1 Å². The third-order valence-electron chi connectivity index (χ3n) is 4.69. The molecule has 0 unspecified atom stereocenters. The van der Waals surface area contributed by atoms with Crippen molar-refractivity contribution < 1.29 is 4.79 Å². The Morgan fingerprint density at radius 3 is 2.25 bits per heavy atom. The van der Waals surface area contributed by atoms with Crippen molar-refractivity contribution in [3.8, 4) is 0 Å². The van der Waals surface area contributed by atoms with Crippen LogP contribution in [-0.4, -0.2) is 52.4 Å². The van der Waals surface area contributed by atoms with Gasteiger partial charge in [-0.15, -0.1) is 37.2 Å². The highest BCUT2D eigenvalue weighted by Crippen LogP contribution is 2.29. The molecular weight excluding hydrogens is 371 g/mol. The molecule has 138 valence electrons. The van der Waals surface area contributed by atoms with Crippen LogP contribution in [0.15, 0.2) is 24.4 Å². The quantitative estimate of drug-likeness (QED) is 0.850. The highest BCUT2D eigenvalue weighted by atomic mass is 35.5. The molecule has 2 N–H and O–H groups in total. The number of rotatable bonds is 3. The second-order valence-corrected chi connectivity index (χ2v) is 6.25. The molecule has 0 spiro atoms. The zero-order valence-electron chi connectivity index (χ0n) is 13.7. The molecule has 1 aliphatic heterocycles. The molecule has 1 saturated carbocycles. The number of pyridine rings is 1. The third-order valence-corrected chi connectivity index (χ3v) is 4.69. The lowest BCUT2D eigenvalue weighted by Gasteiger charge is -2.38. The molecule has 0 radical (unpaired) electrons. The molecular formula is C16H27Cl3N4O. The van der Waals surface area contributed by atoms with E-state index in [1.165, 1.54) is 0 Å². The van der Waals surface area contributed by atoms with Crippen LogP contribution in [0.1, 0.15) is 31.4 Å². The van der Waals surface area contributed by atoms with Crippen molar-refractivity contribution in [1.29, 1.82) is 0 Å². The minimum absolute atomic E-state index is 0. The predicted octanol–water partition coefficient (Wildman–Crippen LogP) is 2.26. The lowest BCUT2D eigenvalue weighted by Crippen LogP contribution is -2.58. The molecule has 24 heavy (non-hydrogen) atoms. The van der Waals surface area contributed by atoms with Gasteiger partial charge in [0.25, 0.3) is 0 Å². The molecule has 3 rings (SSSR count). The normalized spacial score (nSPS) is 19.6. The molecule has 1 aliphatic carbocycles. The Morgan fingerprint density at radius 2 is 1.71 bits per heavy atom. The summed E-state index contributed by atoms with van der Waals surface area (Å²) in [5, 5.41) is 0. The van der Waals surface area contributed by atoms with Gasteiger partial charge in [-0.05, 0) is 25.0 Å². The lowest BCUT2D eigenvalue weighted by molar-refractivity contribution is -0.138. The summed E-state index contributed by atoms with van der Waals surface area (Å²) in [6.07, 6.45) is 5.69. The molecule has 1 amide bonds. The molecule has 0 bridgehead atoms. The smallest absolute Gasteiger partial charge is 0.242 e. The van der Waals surface area contributed by atoms with E-state index in [9.17, 15) is 4.79 Å². The SMILES string of the molecule is Cl.Cl.Cl.NC1(C(=O)N2CCN(Cc3ccccn3)CC2)CCCC1. The summed E-state index contributed by atoms with van der Waals surface area (Å²) in [7, 11) is 0. The highest BCUT2D eigenvalue weighted by molar-refractivity contribution is 5.86. The van der Waals surface area contributed by atoms with E-state index in [4.69, 9.17) is 5.73 Å². The van der Waals surface area contributed by atoms with Crippen molar-refractivity contribution in [1.82, 2.24) is 14.8 Å². The first-order valence-corrected chi connectivity index (χ1v) is 7.88. The molecule has 1 saturated heterocycles. The van der Waals surface area contributed by atoms with Crippen molar-refractivity contribution in [2.24, 2.45) is 5.73 Å². The second kappa shape index (κ2) is 10.4. The van der Waals surface area contributed by atoms with E-state index < -0.39 is 5.54 Å². The predicted molar refractivity (Wildman–Crippen MR) is 103 cm³/mol. The standard InChI is InChI=1S/C16H24N4O.3ClH/c17-16(6-2-3-7-16)15(21)20-11-9-19(10-12-20)13-14-5-1-4-8-18-14;;;/h1,4-5,8H,2-3,6-7,9-13,17H2;3*1H. The fraction of sp³-hybridized carbons (Fsp3) is 0.625. The van der Waals surface area contributed by atoms with E-state index in [0.29, 0.717) is 0 Å². The van der Waals surface area contributed by atoms with Crippen LogP contribution in [0.4, 0.5) is 0 Å². The number of hydrogen-bond donors (Lipinski definition) is 1. The summed E-state index contributed by atoms with van der Waals surface area (Å²) in [5.41, 5.74) is 6.78. The molecule has 2 aliphatic rings. The maximum atomic E-state index is 12.6. The van der Waals surface area contributed by atoms with Crippen molar-refractivity contribution in [2.45, 2.75) is 37.8 Å². The number of hydrogen-bond acceptors (Lipinski definition) is 4. The number of piperazine rings is 1. The van der Waals surface area contributed by atoms with E-state index in [0.717, 1.165) is 64.1 Å². The monoisotopic (exact) mass is 396 g/mol. The van der Waals surface area contributed by atoms with Crippen LogP contribution >= 0.6 is 37.2 Å². The maximum Gasteiger partial charge on any atom is 0.242 e. The van der Waals surface area contributed by atoms with Gasteiger partial charge in [0.05, 0.1) is 11.2 Å². The van der Waals surface area contributed by atoms with Crippen LogP contribution in [0.5, 0.6) is 0 Å². The summed E-state index contributed by atoms with van der Waals surface area (Å²) < 4.78 is 0. The van der Waals surface area contributed by atoms with Gasteiger partial charge in [-0.2, -0.15) is 0 Å². The van der Waals surface area contributed by atoms with Crippen LogP contribution in [0.25, 0.3) is 0 Å². The maximum absolute atomic E-state index is 12.6. The summed E-state index contributed by atoms with van der Waals surface area (Å²) >= 11 is 0.